The molecule has 0 bridgehead atoms. The molecule has 7 heteroatoms. The molecule has 1 aromatic rings. The summed E-state index contributed by atoms with van der Waals surface area (Å²) >= 11 is 1.47. The third-order valence-electron chi connectivity index (χ3n) is 1.98. The highest BCUT2D eigenvalue weighted by Gasteiger charge is 2.17. The van der Waals surface area contributed by atoms with Crippen LogP contribution in [-0.2, 0) is 16.1 Å². The highest BCUT2D eigenvalue weighted by molar-refractivity contribution is 7.99. The zero-order chi connectivity index (χ0) is 12.7. The van der Waals surface area contributed by atoms with E-state index < -0.39 is 12.0 Å². The van der Waals surface area contributed by atoms with Crippen molar-refractivity contribution in [1.29, 1.82) is 0 Å². The highest BCUT2D eigenvalue weighted by Crippen LogP contribution is 2.04. The van der Waals surface area contributed by atoms with Gasteiger partial charge in [0, 0.05) is 37.4 Å². The van der Waals surface area contributed by atoms with Gasteiger partial charge in [0.25, 0.3) is 0 Å². The molecule has 0 saturated carbocycles. The standard InChI is InChI=1S/C10H15N3O3S/c1-8(14)12-9(10(15)16)7-17-6-5-13-4-2-3-11-13/h2-4,9H,5-7H2,1H3,(H,12,14)(H,15,16)/t9-/m0/s1. The van der Waals surface area contributed by atoms with Gasteiger partial charge in [0.2, 0.25) is 5.91 Å². The van der Waals surface area contributed by atoms with Crippen LogP contribution in [0.15, 0.2) is 18.5 Å². The molecule has 1 rings (SSSR count). The Bertz CT molecular complexity index is 367. The second kappa shape index (κ2) is 6.95. The quantitative estimate of drug-likeness (QED) is 0.682. The number of carbonyl (C=O) groups excluding carboxylic acids is 1. The number of nitrogens with one attached hydrogen (secondary N) is 1. The van der Waals surface area contributed by atoms with E-state index in [0.29, 0.717) is 5.75 Å². The summed E-state index contributed by atoms with van der Waals surface area (Å²) in [5.41, 5.74) is 0. The van der Waals surface area contributed by atoms with Crippen molar-refractivity contribution >= 4 is 23.6 Å². The van der Waals surface area contributed by atoms with E-state index >= 15 is 0 Å². The van der Waals surface area contributed by atoms with Crippen LogP contribution in [0.1, 0.15) is 6.92 Å². The van der Waals surface area contributed by atoms with Crippen molar-refractivity contribution in [1.82, 2.24) is 15.1 Å². The molecule has 94 valence electrons. The first-order valence-corrected chi connectivity index (χ1v) is 6.30. The molecule has 0 saturated heterocycles. The van der Waals surface area contributed by atoms with Gasteiger partial charge in [0.15, 0.2) is 0 Å². The van der Waals surface area contributed by atoms with Crippen molar-refractivity contribution in [2.24, 2.45) is 0 Å². The van der Waals surface area contributed by atoms with Crippen molar-refractivity contribution in [3.05, 3.63) is 18.5 Å². The molecular weight excluding hydrogens is 242 g/mol. The molecule has 0 aliphatic carbocycles. The maximum absolute atomic E-state index is 10.8. The van der Waals surface area contributed by atoms with E-state index in [-0.39, 0.29) is 5.91 Å². The number of rotatable bonds is 7. The Labute approximate surface area is 103 Å². The molecule has 0 aliphatic rings. The number of carbonyl (C=O) groups is 2. The summed E-state index contributed by atoms with van der Waals surface area (Å²) in [5, 5.41) is 15.3. The van der Waals surface area contributed by atoms with Crippen LogP contribution in [0.25, 0.3) is 0 Å². The van der Waals surface area contributed by atoms with Gasteiger partial charge in [-0.05, 0) is 6.07 Å². The molecule has 6 nitrogen and oxygen atoms in total. The van der Waals surface area contributed by atoms with Gasteiger partial charge >= 0.3 is 5.97 Å². The van der Waals surface area contributed by atoms with Crippen molar-refractivity contribution in [3.63, 3.8) is 0 Å². The molecule has 0 aromatic carbocycles. The van der Waals surface area contributed by atoms with Crippen molar-refractivity contribution < 1.29 is 14.7 Å². The number of thioether (sulfide) groups is 1. The minimum atomic E-state index is -1.01. The number of hydrogen-bond donors (Lipinski definition) is 2. The average Bonchev–Trinajstić information content (AvgIpc) is 2.74. The summed E-state index contributed by atoms with van der Waals surface area (Å²) < 4.78 is 1.78. The molecule has 0 unspecified atom stereocenters. The third-order valence-corrected chi connectivity index (χ3v) is 3.02. The van der Waals surface area contributed by atoms with E-state index in [1.807, 2.05) is 12.3 Å². The van der Waals surface area contributed by atoms with Crippen molar-refractivity contribution in [2.75, 3.05) is 11.5 Å². The van der Waals surface area contributed by atoms with E-state index in [9.17, 15) is 9.59 Å². The fourth-order valence-corrected chi connectivity index (χ4v) is 2.16. The fourth-order valence-electron chi connectivity index (χ4n) is 1.21. The number of hydrogen-bond acceptors (Lipinski definition) is 4. The van der Waals surface area contributed by atoms with Crippen LogP contribution in [0.2, 0.25) is 0 Å². The van der Waals surface area contributed by atoms with Crippen LogP contribution in [0.3, 0.4) is 0 Å². The Balaban J connectivity index is 2.23. The molecule has 0 spiro atoms. The largest absolute Gasteiger partial charge is 0.480 e. The van der Waals surface area contributed by atoms with Crippen LogP contribution < -0.4 is 5.32 Å². The minimum absolute atomic E-state index is 0.329. The van der Waals surface area contributed by atoms with Crippen LogP contribution in [-0.4, -0.2) is 44.3 Å². The normalized spacial score (nSPS) is 12.1. The zero-order valence-corrected chi connectivity index (χ0v) is 10.3. The van der Waals surface area contributed by atoms with Gasteiger partial charge in [-0.3, -0.25) is 9.48 Å². The Hall–Kier alpha value is -1.50. The number of aromatic nitrogens is 2. The lowest BCUT2D eigenvalue weighted by Crippen LogP contribution is -2.41. The van der Waals surface area contributed by atoms with Gasteiger partial charge < -0.3 is 10.4 Å². The number of aryl methyl sites for hydroxylation is 1. The van der Waals surface area contributed by atoms with E-state index in [1.54, 1.807) is 10.9 Å². The lowest BCUT2D eigenvalue weighted by molar-refractivity contribution is -0.140. The summed E-state index contributed by atoms with van der Waals surface area (Å²) in [5.74, 6) is -0.224. The maximum atomic E-state index is 10.8. The summed E-state index contributed by atoms with van der Waals surface area (Å²) in [6, 6.07) is 1.01. The number of nitrogens with zero attached hydrogens (tertiary/aromatic N) is 2. The predicted octanol–water partition coefficient (Wildman–Crippen LogP) is 0.206. The SMILES string of the molecule is CC(=O)N[C@@H](CSCCn1cccn1)C(=O)O. The second-order valence-corrected chi connectivity index (χ2v) is 4.59. The van der Waals surface area contributed by atoms with E-state index in [0.717, 1.165) is 12.3 Å². The number of carboxylic acids is 1. The van der Waals surface area contributed by atoms with Crippen molar-refractivity contribution in [3.8, 4) is 0 Å². The minimum Gasteiger partial charge on any atom is -0.480 e. The van der Waals surface area contributed by atoms with Gasteiger partial charge in [-0.2, -0.15) is 16.9 Å². The van der Waals surface area contributed by atoms with Crippen LogP contribution in [0, 0.1) is 0 Å². The number of amides is 1. The summed E-state index contributed by atoms with van der Waals surface area (Å²) in [7, 11) is 0. The predicted molar refractivity (Wildman–Crippen MR) is 64.8 cm³/mol. The lowest BCUT2D eigenvalue weighted by atomic mass is 10.3. The lowest BCUT2D eigenvalue weighted by Gasteiger charge is -2.12. The van der Waals surface area contributed by atoms with E-state index in [2.05, 4.69) is 10.4 Å². The molecule has 0 radical (unpaired) electrons. The van der Waals surface area contributed by atoms with Crippen LogP contribution >= 0.6 is 11.8 Å². The maximum Gasteiger partial charge on any atom is 0.327 e. The first kappa shape index (κ1) is 13.6. The number of aliphatic carboxylic acids is 1. The highest BCUT2D eigenvalue weighted by atomic mass is 32.2. The van der Waals surface area contributed by atoms with Gasteiger partial charge in [0.1, 0.15) is 6.04 Å². The summed E-state index contributed by atoms with van der Waals surface area (Å²) in [4.78, 5) is 21.6. The third kappa shape index (κ3) is 5.39. The molecule has 1 amide bonds. The van der Waals surface area contributed by atoms with Gasteiger partial charge in [-0.15, -0.1) is 0 Å². The van der Waals surface area contributed by atoms with Crippen LogP contribution in [0.5, 0.6) is 0 Å². The second-order valence-electron chi connectivity index (χ2n) is 3.44. The Morgan fingerprint density at radius 2 is 2.35 bits per heavy atom. The monoisotopic (exact) mass is 257 g/mol. The van der Waals surface area contributed by atoms with Gasteiger partial charge in [-0.1, -0.05) is 0 Å². The van der Waals surface area contributed by atoms with Crippen LogP contribution in [0.4, 0.5) is 0 Å². The first-order valence-electron chi connectivity index (χ1n) is 5.14. The molecule has 1 heterocycles. The Kier molecular flexibility index (Phi) is 5.55. The molecule has 1 atom stereocenters. The van der Waals surface area contributed by atoms with Gasteiger partial charge in [0.05, 0.1) is 0 Å². The topological polar surface area (TPSA) is 84.2 Å². The van der Waals surface area contributed by atoms with E-state index in [4.69, 9.17) is 5.11 Å². The Morgan fingerprint density at radius 1 is 1.59 bits per heavy atom. The molecule has 17 heavy (non-hydrogen) atoms. The zero-order valence-electron chi connectivity index (χ0n) is 9.50. The van der Waals surface area contributed by atoms with Gasteiger partial charge in [-0.25, -0.2) is 4.79 Å². The first-order chi connectivity index (χ1) is 8.09. The van der Waals surface area contributed by atoms with Crippen molar-refractivity contribution in [2.45, 2.75) is 19.5 Å². The molecular formula is C10H15N3O3S. The summed E-state index contributed by atoms with van der Waals surface area (Å²) in [6.45, 7) is 2.04. The average molecular weight is 257 g/mol. The summed E-state index contributed by atoms with van der Waals surface area (Å²) in [6.07, 6.45) is 3.55. The smallest absolute Gasteiger partial charge is 0.327 e. The number of carboxylic acid groups (broad SMARTS) is 1. The molecule has 1 aromatic heterocycles. The fraction of sp³-hybridized carbons (Fsp3) is 0.500. The van der Waals surface area contributed by atoms with E-state index in [1.165, 1.54) is 18.7 Å². The molecule has 0 fully saturated rings. The molecule has 2 N–H and O–H groups in total. The molecule has 0 aliphatic heterocycles. The Morgan fingerprint density at radius 3 is 2.88 bits per heavy atom.